The minimum Gasteiger partial charge on any atom is -0.472 e. The summed E-state index contributed by atoms with van der Waals surface area (Å²) in [6, 6.07) is 5.71. The zero-order chi connectivity index (χ0) is 18.5. The van der Waals surface area contributed by atoms with E-state index in [2.05, 4.69) is 29.7 Å². The fraction of sp³-hybridized carbons (Fsp3) is 0.500. The summed E-state index contributed by atoms with van der Waals surface area (Å²) >= 11 is 0. The van der Waals surface area contributed by atoms with E-state index in [1.165, 1.54) is 0 Å². The molecule has 8 heteroatoms. The highest BCUT2D eigenvalue weighted by Crippen LogP contribution is 2.16. The van der Waals surface area contributed by atoms with Crippen molar-refractivity contribution < 1.29 is 4.74 Å². The average molecular weight is 357 g/mol. The summed E-state index contributed by atoms with van der Waals surface area (Å²) in [5.41, 5.74) is 1.11. The first-order valence-electron chi connectivity index (χ1n) is 8.79. The Morgan fingerprint density at radius 1 is 1.38 bits per heavy atom. The second-order valence-corrected chi connectivity index (χ2v) is 6.55. The van der Waals surface area contributed by atoms with Crippen LogP contribution in [0.3, 0.4) is 0 Å². The maximum Gasteiger partial charge on any atom is 0.213 e. The Hall–Kier alpha value is -2.77. The van der Waals surface area contributed by atoms with Gasteiger partial charge in [-0.15, -0.1) is 0 Å². The van der Waals surface area contributed by atoms with Crippen molar-refractivity contribution in [2.75, 3.05) is 39.1 Å². The van der Waals surface area contributed by atoms with Gasteiger partial charge >= 0.3 is 0 Å². The molecule has 1 N–H and O–H groups in total. The SMILES string of the molecule is CN=C(NCc1cnc(N(C)C)n1C)N1CCC(Oc2ccccn2)C1. The first-order chi connectivity index (χ1) is 12.6. The van der Waals surface area contributed by atoms with Crippen molar-refractivity contribution in [3.8, 4) is 5.88 Å². The molecule has 1 atom stereocenters. The fourth-order valence-corrected chi connectivity index (χ4v) is 3.12. The van der Waals surface area contributed by atoms with Gasteiger partial charge in [-0.2, -0.15) is 0 Å². The van der Waals surface area contributed by atoms with Gasteiger partial charge in [0.2, 0.25) is 11.8 Å². The van der Waals surface area contributed by atoms with Crippen LogP contribution in [0.5, 0.6) is 5.88 Å². The number of imidazole rings is 1. The molecule has 0 saturated carbocycles. The monoisotopic (exact) mass is 357 g/mol. The van der Waals surface area contributed by atoms with Gasteiger partial charge in [-0.25, -0.2) is 9.97 Å². The molecule has 1 aliphatic rings. The number of aromatic nitrogens is 3. The minimum atomic E-state index is 0.125. The normalized spacial score (nSPS) is 17.5. The van der Waals surface area contributed by atoms with Crippen molar-refractivity contribution in [3.63, 3.8) is 0 Å². The molecule has 3 rings (SSSR count). The second kappa shape index (κ2) is 8.07. The van der Waals surface area contributed by atoms with Crippen LogP contribution in [0.4, 0.5) is 5.95 Å². The second-order valence-electron chi connectivity index (χ2n) is 6.55. The van der Waals surface area contributed by atoms with Gasteiger partial charge in [0.1, 0.15) is 6.10 Å². The summed E-state index contributed by atoms with van der Waals surface area (Å²) in [6.45, 7) is 2.38. The predicted octanol–water partition coefficient (Wildman–Crippen LogP) is 1.11. The number of aliphatic imine (C=N–C) groups is 1. The lowest BCUT2D eigenvalue weighted by Gasteiger charge is -2.22. The van der Waals surface area contributed by atoms with E-state index in [1.54, 1.807) is 6.20 Å². The van der Waals surface area contributed by atoms with Gasteiger partial charge < -0.3 is 24.4 Å². The van der Waals surface area contributed by atoms with E-state index in [9.17, 15) is 0 Å². The third-order valence-electron chi connectivity index (χ3n) is 4.47. The molecule has 2 aromatic rings. The Labute approximate surface area is 154 Å². The maximum absolute atomic E-state index is 5.96. The topological polar surface area (TPSA) is 70.8 Å². The third kappa shape index (κ3) is 4.07. The first-order valence-corrected chi connectivity index (χ1v) is 8.79. The molecule has 2 aromatic heterocycles. The van der Waals surface area contributed by atoms with Crippen molar-refractivity contribution in [3.05, 3.63) is 36.3 Å². The average Bonchev–Trinajstić information content (AvgIpc) is 3.24. The van der Waals surface area contributed by atoms with Gasteiger partial charge in [0.15, 0.2) is 5.96 Å². The molecule has 0 amide bonds. The smallest absolute Gasteiger partial charge is 0.213 e. The van der Waals surface area contributed by atoms with E-state index in [1.807, 2.05) is 57.5 Å². The zero-order valence-corrected chi connectivity index (χ0v) is 15.9. The predicted molar refractivity (Wildman–Crippen MR) is 103 cm³/mol. The summed E-state index contributed by atoms with van der Waals surface area (Å²) < 4.78 is 8.04. The van der Waals surface area contributed by atoms with Gasteiger partial charge in [-0.1, -0.05) is 6.07 Å². The van der Waals surface area contributed by atoms with Crippen molar-refractivity contribution >= 4 is 11.9 Å². The van der Waals surface area contributed by atoms with Crippen LogP contribution in [0.25, 0.3) is 0 Å². The molecule has 140 valence electrons. The van der Waals surface area contributed by atoms with Gasteiger partial charge in [0, 0.05) is 53.4 Å². The molecule has 0 spiro atoms. The molecule has 1 aliphatic heterocycles. The Morgan fingerprint density at radius 3 is 2.88 bits per heavy atom. The molecule has 26 heavy (non-hydrogen) atoms. The van der Waals surface area contributed by atoms with Gasteiger partial charge in [0.05, 0.1) is 25.0 Å². The molecule has 0 radical (unpaired) electrons. The van der Waals surface area contributed by atoms with Crippen molar-refractivity contribution in [1.82, 2.24) is 24.8 Å². The number of anilines is 1. The molecule has 0 aromatic carbocycles. The van der Waals surface area contributed by atoms with Crippen molar-refractivity contribution in [2.24, 2.45) is 12.0 Å². The number of pyridine rings is 1. The zero-order valence-electron chi connectivity index (χ0n) is 15.9. The van der Waals surface area contributed by atoms with Crippen LogP contribution < -0.4 is 15.0 Å². The number of nitrogens with one attached hydrogen (secondary N) is 1. The number of ether oxygens (including phenoxy) is 1. The molecule has 1 fully saturated rings. The fourth-order valence-electron chi connectivity index (χ4n) is 3.12. The molecule has 1 unspecified atom stereocenters. The van der Waals surface area contributed by atoms with Crippen LogP contribution in [0, 0.1) is 0 Å². The highest BCUT2D eigenvalue weighted by molar-refractivity contribution is 5.80. The van der Waals surface area contributed by atoms with Gasteiger partial charge in [0.25, 0.3) is 0 Å². The molecule has 0 bridgehead atoms. The van der Waals surface area contributed by atoms with Crippen LogP contribution in [-0.2, 0) is 13.6 Å². The lowest BCUT2D eigenvalue weighted by molar-refractivity contribution is 0.205. The molecule has 0 aliphatic carbocycles. The quantitative estimate of drug-likeness (QED) is 0.639. The number of nitrogens with zero attached hydrogens (tertiary/aromatic N) is 6. The van der Waals surface area contributed by atoms with Crippen LogP contribution in [0.15, 0.2) is 35.6 Å². The Balaban J connectivity index is 1.55. The van der Waals surface area contributed by atoms with Crippen molar-refractivity contribution in [2.45, 2.75) is 19.1 Å². The van der Waals surface area contributed by atoms with E-state index in [-0.39, 0.29) is 6.10 Å². The summed E-state index contributed by atoms with van der Waals surface area (Å²) in [6.07, 6.45) is 4.72. The summed E-state index contributed by atoms with van der Waals surface area (Å²) in [7, 11) is 7.81. The number of hydrogen-bond donors (Lipinski definition) is 1. The summed E-state index contributed by atoms with van der Waals surface area (Å²) in [5.74, 6) is 2.49. The van der Waals surface area contributed by atoms with E-state index >= 15 is 0 Å². The highest BCUT2D eigenvalue weighted by atomic mass is 16.5. The molecular weight excluding hydrogens is 330 g/mol. The number of likely N-dealkylation sites (tertiary alicyclic amines) is 1. The molecule has 1 saturated heterocycles. The van der Waals surface area contributed by atoms with E-state index in [0.29, 0.717) is 12.4 Å². The van der Waals surface area contributed by atoms with E-state index in [4.69, 9.17) is 4.74 Å². The number of rotatable bonds is 5. The Morgan fingerprint density at radius 2 is 2.23 bits per heavy atom. The lowest BCUT2D eigenvalue weighted by Crippen LogP contribution is -2.40. The highest BCUT2D eigenvalue weighted by Gasteiger charge is 2.26. The number of hydrogen-bond acceptors (Lipinski definition) is 5. The summed E-state index contributed by atoms with van der Waals surface area (Å²) in [5, 5.41) is 3.43. The van der Waals surface area contributed by atoms with Crippen LogP contribution in [0.2, 0.25) is 0 Å². The summed E-state index contributed by atoms with van der Waals surface area (Å²) in [4.78, 5) is 17.3. The largest absolute Gasteiger partial charge is 0.472 e. The van der Waals surface area contributed by atoms with Gasteiger partial charge in [-0.3, -0.25) is 4.99 Å². The standard InChI is InChI=1S/C18H27N7O/c1-19-17(21-11-14-12-22-18(23(2)3)24(14)4)25-10-8-15(13-25)26-16-7-5-6-9-20-16/h5-7,9,12,15H,8,10-11,13H2,1-4H3,(H,19,21). The Bertz CT molecular complexity index is 741. The first kappa shape index (κ1) is 18.0. The molecule has 3 heterocycles. The van der Waals surface area contributed by atoms with Crippen molar-refractivity contribution in [1.29, 1.82) is 0 Å². The molecule has 8 nitrogen and oxygen atoms in total. The lowest BCUT2D eigenvalue weighted by atomic mass is 10.3. The van der Waals surface area contributed by atoms with Crippen LogP contribution in [-0.4, -0.2) is 65.7 Å². The molecular formula is C18H27N7O. The van der Waals surface area contributed by atoms with Crippen LogP contribution in [0.1, 0.15) is 12.1 Å². The Kier molecular flexibility index (Phi) is 5.60. The van der Waals surface area contributed by atoms with Crippen LogP contribution >= 0.6 is 0 Å². The number of guanidine groups is 1. The van der Waals surface area contributed by atoms with E-state index < -0.39 is 0 Å². The minimum absolute atomic E-state index is 0.125. The van der Waals surface area contributed by atoms with E-state index in [0.717, 1.165) is 37.1 Å². The maximum atomic E-state index is 5.96. The third-order valence-corrected chi connectivity index (χ3v) is 4.47. The van der Waals surface area contributed by atoms with Gasteiger partial charge in [-0.05, 0) is 6.07 Å².